The average Bonchev–Trinajstić information content (AvgIpc) is 3.33. The summed E-state index contributed by atoms with van der Waals surface area (Å²) in [5, 5.41) is 11.4. The maximum absolute atomic E-state index is 13.0. The lowest BCUT2D eigenvalue weighted by Crippen LogP contribution is -2.58. The van der Waals surface area contributed by atoms with Crippen molar-refractivity contribution in [3.05, 3.63) is 58.3 Å². The van der Waals surface area contributed by atoms with Gasteiger partial charge in [-0.2, -0.15) is 0 Å². The van der Waals surface area contributed by atoms with Crippen molar-refractivity contribution < 1.29 is 19.4 Å². The molecule has 1 aromatic carbocycles. The summed E-state index contributed by atoms with van der Waals surface area (Å²) in [4.78, 5) is 29.2. The quantitative estimate of drug-likeness (QED) is 0.875. The summed E-state index contributed by atoms with van der Waals surface area (Å²) in [6.07, 6.45) is 1.22. The van der Waals surface area contributed by atoms with E-state index in [1.165, 1.54) is 21.8 Å². The number of amides is 1. The lowest BCUT2D eigenvalue weighted by Gasteiger charge is -2.44. The first-order valence-corrected chi connectivity index (χ1v) is 9.97. The summed E-state index contributed by atoms with van der Waals surface area (Å²) in [6.45, 7) is 2.41. The van der Waals surface area contributed by atoms with Gasteiger partial charge in [0, 0.05) is 32.5 Å². The van der Waals surface area contributed by atoms with Gasteiger partial charge in [-0.15, -0.1) is 11.3 Å². The van der Waals surface area contributed by atoms with Crippen molar-refractivity contribution in [1.82, 2.24) is 9.80 Å². The van der Waals surface area contributed by atoms with E-state index in [9.17, 15) is 14.7 Å². The van der Waals surface area contributed by atoms with E-state index in [0.29, 0.717) is 17.7 Å². The molecular weight excluding hydrogens is 364 g/mol. The Morgan fingerprint density at radius 3 is 2.52 bits per heavy atom. The van der Waals surface area contributed by atoms with Crippen molar-refractivity contribution >= 4 is 23.2 Å². The Hall–Kier alpha value is -2.22. The molecule has 2 aromatic rings. The second kappa shape index (κ2) is 7.42. The maximum atomic E-state index is 13.0. The number of carbonyl (C=O) groups excluding carboxylic acids is 1. The fourth-order valence-electron chi connectivity index (χ4n) is 3.98. The van der Waals surface area contributed by atoms with Crippen LogP contribution in [0.4, 0.5) is 0 Å². The molecule has 27 heavy (non-hydrogen) atoms. The van der Waals surface area contributed by atoms with Crippen LogP contribution in [0, 0.1) is 0 Å². The monoisotopic (exact) mass is 386 g/mol. The van der Waals surface area contributed by atoms with Crippen molar-refractivity contribution in [1.29, 1.82) is 0 Å². The zero-order valence-corrected chi connectivity index (χ0v) is 15.7. The second-order valence-electron chi connectivity index (χ2n) is 7.03. The molecule has 2 aliphatic rings. The van der Waals surface area contributed by atoms with E-state index in [1.807, 2.05) is 23.6 Å². The molecule has 1 aromatic heterocycles. The minimum absolute atomic E-state index is 0.0468. The van der Waals surface area contributed by atoms with E-state index in [-0.39, 0.29) is 12.5 Å². The average molecular weight is 386 g/mol. The van der Waals surface area contributed by atoms with Gasteiger partial charge in [0.2, 0.25) is 0 Å². The molecule has 7 heteroatoms. The standard InChI is InChI=1S/C20H22N2O4S/c23-18(17-7-4-12-27-17)22-16(19(24)25)14-26-20(22)8-10-21(11-9-20)13-15-5-2-1-3-6-15/h1-7,12,16H,8-11,13-14H2,(H,24,25). The van der Waals surface area contributed by atoms with Gasteiger partial charge in [-0.05, 0) is 17.0 Å². The summed E-state index contributed by atoms with van der Waals surface area (Å²) in [6, 6.07) is 12.9. The maximum Gasteiger partial charge on any atom is 0.328 e. The molecule has 2 fully saturated rings. The fraction of sp³-hybridized carbons (Fsp3) is 0.400. The molecule has 4 rings (SSSR count). The summed E-state index contributed by atoms with van der Waals surface area (Å²) in [7, 11) is 0. The summed E-state index contributed by atoms with van der Waals surface area (Å²) < 4.78 is 5.99. The molecule has 1 N–H and O–H groups in total. The first-order chi connectivity index (χ1) is 13.1. The number of carboxylic acids is 1. The number of thiophene rings is 1. The van der Waals surface area contributed by atoms with Crippen LogP contribution < -0.4 is 0 Å². The van der Waals surface area contributed by atoms with E-state index >= 15 is 0 Å². The Morgan fingerprint density at radius 1 is 1.15 bits per heavy atom. The van der Waals surface area contributed by atoms with Crippen molar-refractivity contribution in [3.63, 3.8) is 0 Å². The van der Waals surface area contributed by atoms with Gasteiger partial charge in [0.25, 0.3) is 5.91 Å². The minimum Gasteiger partial charge on any atom is -0.480 e. The van der Waals surface area contributed by atoms with Gasteiger partial charge in [-0.25, -0.2) is 4.79 Å². The summed E-state index contributed by atoms with van der Waals surface area (Å²) >= 11 is 1.33. The summed E-state index contributed by atoms with van der Waals surface area (Å²) in [5.74, 6) is -1.25. The first kappa shape index (κ1) is 18.2. The van der Waals surface area contributed by atoms with Gasteiger partial charge in [0.15, 0.2) is 6.04 Å². The molecular formula is C20H22N2O4S. The molecule has 1 spiro atoms. The highest BCUT2D eigenvalue weighted by molar-refractivity contribution is 7.12. The molecule has 2 saturated heterocycles. The van der Waals surface area contributed by atoms with E-state index in [0.717, 1.165) is 19.6 Å². The van der Waals surface area contributed by atoms with Crippen LogP contribution in [0.25, 0.3) is 0 Å². The number of hydrogen-bond donors (Lipinski definition) is 1. The largest absolute Gasteiger partial charge is 0.480 e. The third-order valence-electron chi connectivity index (χ3n) is 5.38. The Balaban J connectivity index is 1.51. The smallest absolute Gasteiger partial charge is 0.328 e. The van der Waals surface area contributed by atoms with Crippen molar-refractivity contribution in [2.24, 2.45) is 0 Å². The Labute approximate surface area is 162 Å². The number of carbonyl (C=O) groups is 2. The second-order valence-corrected chi connectivity index (χ2v) is 7.97. The molecule has 0 saturated carbocycles. The van der Waals surface area contributed by atoms with Crippen LogP contribution in [0.2, 0.25) is 0 Å². The van der Waals surface area contributed by atoms with Crippen molar-refractivity contribution in [2.45, 2.75) is 31.2 Å². The van der Waals surface area contributed by atoms with E-state index in [2.05, 4.69) is 17.0 Å². The number of rotatable bonds is 4. The van der Waals surface area contributed by atoms with Crippen LogP contribution in [0.1, 0.15) is 28.1 Å². The number of benzene rings is 1. The normalized spacial score (nSPS) is 22.2. The lowest BCUT2D eigenvalue weighted by molar-refractivity contribution is -0.144. The third kappa shape index (κ3) is 3.50. The molecule has 0 radical (unpaired) electrons. The van der Waals surface area contributed by atoms with Crippen LogP contribution in [-0.2, 0) is 16.1 Å². The molecule has 0 aliphatic carbocycles. The number of piperidine rings is 1. The fourth-order valence-corrected chi connectivity index (χ4v) is 4.64. The van der Waals surface area contributed by atoms with Gasteiger partial charge in [0.05, 0.1) is 11.5 Å². The van der Waals surface area contributed by atoms with Gasteiger partial charge in [-0.3, -0.25) is 14.6 Å². The molecule has 3 heterocycles. The Morgan fingerprint density at radius 2 is 1.89 bits per heavy atom. The predicted octanol–water partition coefficient (Wildman–Crippen LogP) is 2.67. The SMILES string of the molecule is O=C(O)C1COC2(CCN(Cc3ccccc3)CC2)N1C(=O)c1cccs1. The van der Waals surface area contributed by atoms with Crippen LogP contribution in [-0.4, -0.2) is 58.2 Å². The highest BCUT2D eigenvalue weighted by atomic mass is 32.1. The van der Waals surface area contributed by atoms with Gasteiger partial charge in [-0.1, -0.05) is 36.4 Å². The lowest BCUT2D eigenvalue weighted by atomic mass is 9.97. The van der Waals surface area contributed by atoms with Crippen LogP contribution in [0.15, 0.2) is 47.8 Å². The van der Waals surface area contributed by atoms with E-state index < -0.39 is 17.7 Å². The molecule has 142 valence electrons. The third-order valence-corrected chi connectivity index (χ3v) is 6.24. The highest BCUT2D eigenvalue weighted by Crippen LogP contribution is 2.39. The van der Waals surface area contributed by atoms with E-state index in [4.69, 9.17) is 4.74 Å². The minimum atomic E-state index is -1.01. The highest BCUT2D eigenvalue weighted by Gasteiger charge is 2.54. The number of nitrogens with zero attached hydrogens (tertiary/aromatic N) is 2. The summed E-state index contributed by atoms with van der Waals surface area (Å²) in [5.41, 5.74) is 0.424. The zero-order chi connectivity index (χ0) is 18.9. The van der Waals surface area contributed by atoms with Crippen molar-refractivity contribution in [3.8, 4) is 0 Å². The molecule has 1 atom stereocenters. The Bertz CT molecular complexity index is 801. The van der Waals surface area contributed by atoms with Crippen LogP contribution in [0.3, 0.4) is 0 Å². The molecule has 2 aliphatic heterocycles. The molecule has 6 nitrogen and oxygen atoms in total. The topological polar surface area (TPSA) is 70.1 Å². The van der Waals surface area contributed by atoms with Gasteiger partial charge >= 0.3 is 5.97 Å². The van der Waals surface area contributed by atoms with E-state index in [1.54, 1.807) is 12.1 Å². The number of likely N-dealkylation sites (tertiary alicyclic amines) is 1. The zero-order valence-electron chi connectivity index (χ0n) is 14.9. The van der Waals surface area contributed by atoms with Crippen molar-refractivity contribution in [2.75, 3.05) is 19.7 Å². The van der Waals surface area contributed by atoms with Crippen LogP contribution in [0.5, 0.6) is 0 Å². The Kier molecular flexibility index (Phi) is 4.99. The van der Waals surface area contributed by atoms with Crippen LogP contribution >= 0.6 is 11.3 Å². The number of hydrogen-bond acceptors (Lipinski definition) is 5. The molecule has 1 unspecified atom stereocenters. The number of aliphatic carboxylic acids is 1. The van der Waals surface area contributed by atoms with Gasteiger partial charge < -0.3 is 9.84 Å². The first-order valence-electron chi connectivity index (χ1n) is 9.09. The molecule has 0 bridgehead atoms. The van der Waals surface area contributed by atoms with Gasteiger partial charge in [0.1, 0.15) is 5.72 Å². The molecule has 1 amide bonds. The number of ether oxygens (including phenoxy) is 1. The number of carboxylic acid groups (broad SMARTS) is 1. The predicted molar refractivity (Wildman–Crippen MR) is 102 cm³/mol.